The van der Waals surface area contributed by atoms with E-state index in [0.29, 0.717) is 6.42 Å². The van der Waals surface area contributed by atoms with Crippen LogP contribution in [-0.4, -0.2) is 24.2 Å². The number of hydrogen-bond acceptors (Lipinski definition) is 3. The fourth-order valence-electron chi connectivity index (χ4n) is 2.23. The summed E-state index contributed by atoms with van der Waals surface area (Å²) in [6.45, 7) is 6.09. The second-order valence-electron chi connectivity index (χ2n) is 5.41. The highest BCUT2D eigenvalue weighted by atomic mass is 16.5. The molecule has 0 bridgehead atoms. The van der Waals surface area contributed by atoms with Crippen molar-refractivity contribution in [3.05, 3.63) is 29.3 Å². The molecule has 4 nitrogen and oxygen atoms in total. The van der Waals surface area contributed by atoms with Crippen LogP contribution in [0, 0.1) is 0 Å². The summed E-state index contributed by atoms with van der Waals surface area (Å²) in [6, 6.07) is 5.14. The van der Waals surface area contributed by atoms with Gasteiger partial charge < -0.3 is 15.6 Å². The summed E-state index contributed by atoms with van der Waals surface area (Å²) in [4.78, 5) is 10.9. The van der Waals surface area contributed by atoms with E-state index in [-0.39, 0.29) is 5.41 Å². The SMILES string of the molecule is CCc1cc(C(C)(C)CC(N)C(=O)O)ccc1OC. The van der Waals surface area contributed by atoms with Gasteiger partial charge in [-0.25, -0.2) is 0 Å². The Morgan fingerprint density at radius 1 is 1.47 bits per heavy atom. The van der Waals surface area contributed by atoms with Crippen LogP contribution in [0.15, 0.2) is 18.2 Å². The van der Waals surface area contributed by atoms with Gasteiger partial charge in [0.1, 0.15) is 11.8 Å². The van der Waals surface area contributed by atoms with Gasteiger partial charge in [-0.1, -0.05) is 32.9 Å². The lowest BCUT2D eigenvalue weighted by molar-refractivity contribution is -0.139. The number of rotatable bonds is 6. The van der Waals surface area contributed by atoms with Crippen LogP contribution < -0.4 is 10.5 Å². The van der Waals surface area contributed by atoms with E-state index in [1.54, 1.807) is 7.11 Å². The molecule has 1 unspecified atom stereocenters. The van der Waals surface area contributed by atoms with Gasteiger partial charge in [-0.2, -0.15) is 0 Å². The predicted octanol–water partition coefficient (Wildman–Crippen LogP) is 2.34. The predicted molar refractivity (Wildman–Crippen MR) is 75.6 cm³/mol. The fraction of sp³-hybridized carbons (Fsp3) is 0.533. The van der Waals surface area contributed by atoms with Crippen LogP contribution in [0.25, 0.3) is 0 Å². The third kappa shape index (κ3) is 3.70. The molecule has 0 saturated heterocycles. The van der Waals surface area contributed by atoms with Crippen molar-refractivity contribution in [2.24, 2.45) is 5.73 Å². The van der Waals surface area contributed by atoms with Crippen molar-refractivity contribution in [3.8, 4) is 5.75 Å². The van der Waals surface area contributed by atoms with Gasteiger partial charge in [0.25, 0.3) is 0 Å². The summed E-state index contributed by atoms with van der Waals surface area (Å²) in [5.41, 5.74) is 7.57. The first-order valence-corrected chi connectivity index (χ1v) is 6.47. The molecule has 0 spiro atoms. The van der Waals surface area contributed by atoms with Crippen molar-refractivity contribution in [1.82, 2.24) is 0 Å². The van der Waals surface area contributed by atoms with E-state index >= 15 is 0 Å². The Balaban J connectivity index is 3.04. The van der Waals surface area contributed by atoms with E-state index in [1.807, 2.05) is 26.0 Å². The maximum Gasteiger partial charge on any atom is 0.320 e. The average molecular weight is 265 g/mol. The molecule has 106 valence electrons. The number of methoxy groups -OCH3 is 1. The minimum atomic E-state index is -0.961. The molecule has 4 heteroatoms. The zero-order valence-corrected chi connectivity index (χ0v) is 12.1. The Morgan fingerprint density at radius 2 is 2.11 bits per heavy atom. The lowest BCUT2D eigenvalue weighted by Crippen LogP contribution is -2.36. The summed E-state index contributed by atoms with van der Waals surface area (Å²) in [5.74, 6) is -0.0955. The number of ether oxygens (including phenoxy) is 1. The van der Waals surface area contributed by atoms with Crippen LogP contribution in [-0.2, 0) is 16.6 Å². The minimum absolute atomic E-state index is 0.284. The molecule has 3 N–H and O–H groups in total. The van der Waals surface area contributed by atoms with Crippen molar-refractivity contribution in [1.29, 1.82) is 0 Å². The Hall–Kier alpha value is -1.55. The molecule has 0 aromatic heterocycles. The number of carboxylic acid groups (broad SMARTS) is 1. The molecular formula is C15H23NO3. The van der Waals surface area contributed by atoms with E-state index < -0.39 is 12.0 Å². The minimum Gasteiger partial charge on any atom is -0.496 e. The lowest BCUT2D eigenvalue weighted by atomic mass is 9.78. The van der Waals surface area contributed by atoms with Gasteiger partial charge in [-0.15, -0.1) is 0 Å². The zero-order chi connectivity index (χ0) is 14.6. The highest BCUT2D eigenvalue weighted by molar-refractivity contribution is 5.73. The van der Waals surface area contributed by atoms with Crippen molar-refractivity contribution in [2.75, 3.05) is 7.11 Å². The summed E-state index contributed by atoms with van der Waals surface area (Å²) in [5, 5.41) is 8.93. The van der Waals surface area contributed by atoms with E-state index in [2.05, 4.69) is 13.0 Å². The van der Waals surface area contributed by atoms with Crippen LogP contribution in [0.3, 0.4) is 0 Å². The molecular weight excluding hydrogens is 242 g/mol. The molecule has 0 aliphatic carbocycles. The van der Waals surface area contributed by atoms with E-state index in [4.69, 9.17) is 15.6 Å². The van der Waals surface area contributed by atoms with Gasteiger partial charge in [-0.05, 0) is 35.4 Å². The highest BCUT2D eigenvalue weighted by Crippen LogP contribution is 2.31. The maximum atomic E-state index is 10.9. The summed E-state index contributed by atoms with van der Waals surface area (Å²) >= 11 is 0. The van der Waals surface area contributed by atoms with E-state index in [1.165, 1.54) is 0 Å². The first-order valence-electron chi connectivity index (χ1n) is 6.47. The van der Waals surface area contributed by atoms with Gasteiger partial charge in [0.15, 0.2) is 0 Å². The largest absolute Gasteiger partial charge is 0.496 e. The standard InChI is InChI=1S/C15H23NO3/c1-5-10-8-11(6-7-13(10)19-4)15(2,3)9-12(16)14(17)18/h6-8,12H,5,9,16H2,1-4H3,(H,17,18). The van der Waals surface area contributed by atoms with Crippen molar-refractivity contribution < 1.29 is 14.6 Å². The maximum absolute atomic E-state index is 10.9. The molecule has 0 fully saturated rings. The van der Waals surface area contributed by atoms with Gasteiger partial charge in [0, 0.05) is 0 Å². The van der Waals surface area contributed by atoms with Crippen LogP contribution in [0.4, 0.5) is 0 Å². The van der Waals surface area contributed by atoms with E-state index in [0.717, 1.165) is 23.3 Å². The van der Waals surface area contributed by atoms with Crippen LogP contribution in [0.2, 0.25) is 0 Å². The molecule has 0 saturated carbocycles. The number of aliphatic carboxylic acids is 1. The number of hydrogen-bond donors (Lipinski definition) is 2. The monoisotopic (exact) mass is 265 g/mol. The Kier molecular flexibility index (Phi) is 4.95. The topological polar surface area (TPSA) is 72.6 Å². The number of nitrogens with two attached hydrogens (primary N) is 1. The first kappa shape index (κ1) is 15.5. The van der Waals surface area contributed by atoms with Gasteiger partial charge >= 0.3 is 5.97 Å². The van der Waals surface area contributed by atoms with Crippen molar-refractivity contribution in [2.45, 2.75) is 45.1 Å². The smallest absolute Gasteiger partial charge is 0.320 e. The molecule has 0 radical (unpaired) electrons. The zero-order valence-electron chi connectivity index (χ0n) is 12.1. The molecule has 1 rings (SSSR count). The third-order valence-electron chi connectivity index (χ3n) is 3.49. The fourth-order valence-corrected chi connectivity index (χ4v) is 2.23. The summed E-state index contributed by atoms with van der Waals surface area (Å²) in [6.07, 6.45) is 1.27. The number of aryl methyl sites for hydroxylation is 1. The second-order valence-corrected chi connectivity index (χ2v) is 5.41. The molecule has 1 aromatic carbocycles. The highest BCUT2D eigenvalue weighted by Gasteiger charge is 2.27. The van der Waals surface area contributed by atoms with Gasteiger partial charge in [0.2, 0.25) is 0 Å². The van der Waals surface area contributed by atoms with Crippen LogP contribution in [0.1, 0.15) is 38.3 Å². The van der Waals surface area contributed by atoms with Gasteiger partial charge in [0.05, 0.1) is 7.11 Å². The summed E-state index contributed by atoms with van der Waals surface area (Å²) in [7, 11) is 1.65. The van der Waals surface area contributed by atoms with Crippen LogP contribution in [0.5, 0.6) is 5.75 Å². The van der Waals surface area contributed by atoms with Crippen LogP contribution >= 0.6 is 0 Å². The molecule has 0 amide bonds. The number of benzene rings is 1. The first-order chi connectivity index (χ1) is 8.81. The Bertz CT molecular complexity index is 455. The lowest BCUT2D eigenvalue weighted by Gasteiger charge is -2.28. The average Bonchev–Trinajstić information content (AvgIpc) is 2.37. The normalized spacial score (nSPS) is 13.1. The van der Waals surface area contributed by atoms with Crippen molar-refractivity contribution >= 4 is 5.97 Å². The molecule has 1 aromatic rings. The Labute approximate surface area is 114 Å². The molecule has 0 aliphatic heterocycles. The quantitative estimate of drug-likeness (QED) is 0.828. The number of carbonyl (C=O) groups is 1. The molecule has 0 aliphatic rings. The van der Waals surface area contributed by atoms with Gasteiger partial charge in [-0.3, -0.25) is 4.79 Å². The molecule has 0 heterocycles. The summed E-state index contributed by atoms with van der Waals surface area (Å²) < 4.78 is 5.30. The third-order valence-corrected chi connectivity index (χ3v) is 3.49. The second kappa shape index (κ2) is 6.06. The Morgan fingerprint density at radius 3 is 2.58 bits per heavy atom. The van der Waals surface area contributed by atoms with Crippen molar-refractivity contribution in [3.63, 3.8) is 0 Å². The van der Waals surface area contributed by atoms with E-state index in [9.17, 15) is 4.79 Å². The molecule has 1 atom stereocenters. The number of carboxylic acids is 1. The molecule has 19 heavy (non-hydrogen) atoms.